The molecule has 0 bridgehead atoms. The summed E-state index contributed by atoms with van der Waals surface area (Å²) in [4.78, 5) is 0.294. The molecule has 0 aliphatic heterocycles. The normalized spacial score (nSPS) is 27.4. The number of anilines is 1. The smallest absolute Gasteiger partial charge is 0.241 e. The van der Waals surface area contributed by atoms with Crippen molar-refractivity contribution in [1.29, 1.82) is 0 Å². The molecule has 3 N–H and O–H groups in total. The zero-order valence-electron chi connectivity index (χ0n) is 12.4. The lowest BCUT2D eigenvalue weighted by molar-refractivity contribution is 0.227. The van der Waals surface area contributed by atoms with Gasteiger partial charge >= 0.3 is 0 Å². The van der Waals surface area contributed by atoms with E-state index in [9.17, 15) is 8.42 Å². The Hall–Kier alpha value is -1.07. The van der Waals surface area contributed by atoms with E-state index in [-0.39, 0.29) is 6.04 Å². The average molecular weight is 296 g/mol. The third-order valence-corrected chi connectivity index (χ3v) is 6.26. The van der Waals surface area contributed by atoms with E-state index in [4.69, 9.17) is 5.73 Å². The maximum absolute atomic E-state index is 12.6. The van der Waals surface area contributed by atoms with Gasteiger partial charge in [-0.1, -0.05) is 32.8 Å². The lowest BCUT2D eigenvalue weighted by Crippen LogP contribution is -2.43. The molecule has 0 radical (unpaired) electrons. The SMILES string of the molecule is Cc1c(N)cccc1S(=O)(=O)NC1CCCC(C)C1C. The number of nitrogens with one attached hydrogen (secondary N) is 1. The van der Waals surface area contributed by atoms with Crippen LogP contribution in [0.2, 0.25) is 0 Å². The molecule has 0 spiro atoms. The molecule has 0 aromatic heterocycles. The standard InChI is InChI=1S/C15H24N2O2S/c1-10-6-4-8-14(11(10)2)17-20(18,19)15-9-5-7-13(16)12(15)3/h5,7,9-11,14,17H,4,6,8,16H2,1-3H3. The Balaban J connectivity index is 2.25. The summed E-state index contributed by atoms with van der Waals surface area (Å²) in [6, 6.07) is 5.04. The first kappa shape index (κ1) is 15.3. The number of hydrogen-bond acceptors (Lipinski definition) is 3. The number of nitrogens with two attached hydrogens (primary N) is 1. The van der Waals surface area contributed by atoms with Gasteiger partial charge in [-0.05, 0) is 42.9 Å². The van der Waals surface area contributed by atoms with E-state index < -0.39 is 10.0 Å². The van der Waals surface area contributed by atoms with Crippen LogP contribution in [0.4, 0.5) is 5.69 Å². The Kier molecular flexibility index (Phi) is 4.39. The van der Waals surface area contributed by atoms with Gasteiger partial charge in [0.25, 0.3) is 0 Å². The van der Waals surface area contributed by atoms with E-state index in [1.807, 2.05) is 0 Å². The van der Waals surface area contributed by atoms with Crippen LogP contribution in [0.25, 0.3) is 0 Å². The van der Waals surface area contributed by atoms with Crippen LogP contribution in [0.1, 0.15) is 38.7 Å². The molecule has 0 heterocycles. The van der Waals surface area contributed by atoms with Gasteiger partial charge in [0, 0.05) is 11.7 Å². The number of rotatable bonds is 3. The average Bonchev–Trinajstić information content (AvgIpc) is 2.38. The van der Waals surface area contributed by atoms with Gasteiger partial charge in [-0.15, -0.1) is 0 Å². The molecule has 0 saturated heterocycles. The molecule has 1 aromatic rings. The fourth-order valence-corrected chi connectivity index (χ4v) is 4.57. The molecule has 5 heteroatoms. The van der Waals surface area contributed by atoms with Crippen LogP contribution in [0.5, 0.6) is 0 Å². The molecule has 3 atom stereocenters. The van der Waals surface area contributed by atoms with Crippen LogP contribution in [0, 0.1) is 18.8 Å². The van der Waals surface area contributed by atoms with E-state index in [0.717, 1.165) is 12.8 Å². The van der Waals surface area contributed by atoms with E-state index in [2.05, 4.69) is 18.6 Å². The Labute approximate surface area is 121 Å². The minimum atomic E-state index is -3.50. The number of nitrogen functional groups attached to an aromatic ring is 1. The topological polar surface area (TPSA) is 72.2 Å². The summed E-state index contributed by atoms with van der Waals surface area (Å²) >= 11 is 0. The van der Waals surface area contributed by atoms with Crippen molar-refractivity contribution in [3.63, 3.8) is 0 Å². The molecule has 3 unspecified atom stereocenters. The van der Waals surface area contributed by atoms with Gasteiger partial charge in [-0.2, -0.15) is 0 Å². The molecule has 1 aliphatic carbocycles. The van der Waals surface area contributed by atoms with Crippen LogP contribution < -0.4 is 10.5 Å². The van der Waals surface area contributed by atoms with Crippen molar-refractivity contribution in [3.8, 4) is 0 Å². The second-order valence-electron chi connectivity index (χ2n) is 5.97. The van der Waals surface area contributed by atoms with Crippen LogP contribution in [0.3, 0.4) is 0 Å². The van der Waals surface area contributed by atoms with Crippen molar-refractivity contribution in [3.05, 3.63) is 23.8 Å². The quantitative estimate of drug-likeness (QED) is 0.842. The maximum atomic E-state index is 12.6. The highest BCUT2D eigenvalue weighted by Crippen LogP contribution is 2.31. The third-order valence-electron chi connectivity index (χ3n) is 4.63. The van der Waals surface area contributed by atoms with Crippen molar-refractivity contribution < 1.29 is 8.42 Å². The zero-order valence-corrected chi connectivity index (χ0v) is 13.2. The first-order chi connectivity index (χ1) is 9.33. The molecule has 20 heavy (non-hydrogen) atoms. The second kappa shape index (κ2) is 5.74. The minimum absolute atomic E-state index is 0.0181. The number of benzene rings is 1. The van der Waals surface area contributed by atoms with Gasteiger partial charge in [-0.25, -0.2) is 13.1 Å². The van der Waals surface area contributed by atoms with Crippen molar-refractivity contribution in [2.45, 2.75) is 51.0 Å². The van der Waals surface area contributed by atoms with Crippen molar-refractivity contribution >= 4 is 15.7 Å². The first-order valence-electron chi connectivity index (χ1n) is 7.20. The summed E-state index contributed by atoms with van der Waals surface area (Å²) < 4.78 is 28.0. The summed E-state index contributed by atoms with van der Waals surface area (Å²) in [5.74, 6) is 0.915. The number of sulfonamides is 1. The van der Waals surface area contributed by atoms with E-state index in [1.54, 1.807) is 25.1 Å². The molecule has 4 nitrogen and oxygen atoms in total. The Bertz CT molecular complexity index is 584. The van der Waals surface area contributed by atoms with Gasteiger partial charge in [-0.3, -0.25) is 0 Å². The highest BCUT2D eigenvalue weighted by Gasteiger charge is 2.31. The second-order valence-corrected chi connectivity index (χ2v) is 7.65. The third kappa shape index (κ3) is 2.99. The minimum Gasteiger partial charge on any atom is -0.398 e. The van der Waals surface area contributed by atoms with Crippen LogP contribution in [-0.2, 0) is 10.0 Å². The van der Waals surface area contributed by atoms with E-state index in [1.165, 1.54) is 6.42 Å². The Morgan fingerprint density at radius 1 is 1.25 bits per heavy atom. The lowest BCUT2D eigenvalue weighted by Gasteiger charge is -2.34. The van der Waals surface area contributed by atoms with Gasteiger partial charge in [0.2, 0.25) is 10.0 Å². The molecule has 1 aromatic carbocycles. The summed E-state index contributed by atoms with van der Waals surface area (Å²) in [6.45, 7) is 6.07. The largest absolute Gasteiger partial charge is 0.398 e. The maximum Gasteiger partial charge on any atom is 0.241 e. The fraction of sp³-hybridized carbons (Fsp3) is 0.600. The fourth-order valence-electron chi connectivity index (χ4n) is 2.93. The molecule has 1 saturated carbocycles. The van der Waals surface area contributed by atoms with Gasteiger partial charge in [0.1, 0.15) is 0 Å². The molecule has 112 valence electrons. The molecular formula is C15H24N2O2S. The molecule has 1 fully saturated rings. The van der Waals surface area contributed by atoms with Gasteiger partial charge < -0.3 is 5.73 Å². The summed E-state index contributed by atoms with van der Waals surface area (Å²) in [5, 5.41) is 0. The predicted octanol–water partition coefficient (Wildman–Crippen LogP) is 2.68. The Morgan fingerprint density at radius 3 is 2.65 bits per heavy atom. The van der Waals surface area contributed by atoms with Gasteiger partial charge in [0.05, 0.1) is 4.90 Å². The summed E-state index contributed by atoms with van der Waals surface area (Å²) in [5.41, 5.74) is 6.94. The van der Waals surface area contributed by atoms with E-state index in [0.29, 0.717) is 28.0 Å². The van der Waals surface area contributed by atoms with Crippen LogP contribution in [-0.4, -0.2) is 14.5 Å². The number of hydrogen-bond donors (Lipinski definition) is 2. The highest BCUT2D eigenvalue weighted by atomic mass is 32.2. The van der Waals surface area contributed by atoms with E-state index >= 15 is 0 Å². The molecule has 1 aliphatic rings. The van der Waals surface area contributed by atoms with Crippen LogP contribution in [0.15, 0.2) is 23.1 Å². The summed E-state index contributed by atoms with van der Waals surface area (Å²) in [6.07, 6.45) is 3.16. The van der Waals surface area contributed by atoms with Crippen molar-refractivity contribution in [2.75, 3.05) is 5.73 Å². The monoisotopic (exact) mass is 296 g/mol. The Morgan fingerprint density at radius 2 is 1.95 bits per heavy atom. The van der Waals surface area contributed by atoms with Crippen molar-refractivity contribution in [2.24, 2.45) is 11.8 Å². The molecule has 2 rings (SSSR count). The lowest BCUT2D eigenvalue weighted by atomic mass is 9.78. The van der Waals surface area contributed by atoms with Crippen LogP contribution >= 0.6 is 0 Å². The van der Waals surface area contributed by atoms with Gasteiger partial charge in [0.15, 0.2) is 0 Å². The zero-order chi connectivity index (χ0) is 14.9. The molecule has 0 amide bonds. The predicted molar refractivity (Wildman–Crippen MR) is 81.9 cm³/mol. The summed E-state index contributed by atoms with van der Waals surface area (Å²) in [7, 11) is -3.50. The van der Waals surface area contributed by atoms with Crippen molar-refractivity contribution in [1.82, 2.24) is 4.72 Å². The first-order valence-corrected chi connectivity index (χ1v) is 8.68. The highest BCUT2D eigenvalue weighted by molar-refractivity contribution is 7.89. The molecular weight excluding hydrogens is 272 g/mol.